The van der Waals surface area contributed by atoms with E-state index in [1.807, 2.05) is 0 Å². The number of pyridine rings is 2. The van der Waals surface area contributed by atoms with Crippen LogP contribution in [0.1, 0.15) is 95.4 Å². The van der Waals surface area contributed by atoms with Crippen LogP contribution in [0.3, 0.4) is 0 Å². The Morgan fingerprint density at radius 1 is 0.745 bits per heavy atom. The van der Waals surface area contributed by atoms with Crippen LogP contribution in [0, 0.1) is 12.8 Å². The molecule has 94 heavy (non-hydrogen) atoms. The summed E-state index contributed by atoms with van der Waals surface area (Å²) in [5.74, 6) is -7.33. The summed E-state index contributed by atoms with van der Waals surface area (Å²) in [7, 11) is 2.65. The average molecular weight is 1410 g/mol. The van der Waals surface area contributed by atoms with Gasteiger partial charge in [0.15, 0.2) is 5.96 Å². The van der Waals surface area contributed by atoms with Gasteiger partial charge in [-0.05, 0) is 68.1 Å². The van der Waals surface area contributed by atoms with Gasteiger partial charge in [-0.25, -0.2) is 0 Å². The fourth-order valence-corrected chi connectivity index (χ4v) is 8.12. The standard InChI is InChI=1S/C39H56N13O9.C12H18N2O6.C6H12NO5.Tc/c1-22(2)33(38(61)52(5)28(10-9-15-45-39(40)41)37(60)47-21-31(54)49-27(19-32(55)56)36(59)43-4)50-35(58)25-16-23(3)17-26(18-25)48-30(53)11-7-6-8-14-44-34(57)24-12-13-29(51-42)46-20-24;15-6-9(17)11(19)10(18)8(16)5-14-12(20)7-1-3-13-4-2-7;8-2-6(3-9,4-10)7-1-5(11)12;/h12-13,16-18,20,22,27-28,33H,6-11,14-15,19,21H2,1-5H3,(H,43,59)(H,44,57)(H,47,60)(H,48,53)(H,49,54)(H,50,58)(H,55,56)(H4,40,41,45);1-4,8-11,15-19H,5-6H2,(H,14,20);8-10H,1-4H2,(H,11,12);/q-1;;-1;+2/t27-,28-,33+;;;/m0.../s1. The van der Waals surface area contributed by atoms with E-state index in [4.69, 9.17) is 47.2 Å². The first-order chi connectivity index (χ1) is 44.4. The number of benzene rings is 1. The second kappa shape index (κ2) is 44.8. The molecule has 0 saturated carbocycles. The Kier molecular flexibility index (Phi) is 39.7. The number of carboxylic acid groups (broad SMARTS) is 2. The number of hydrogen-bond acceptors (Lipinski definition) is 22. The van der Waals surface area contributed by atoms with Gasteiger partial charge < -0.3 is 105 Å². The Hall–Kier alpha value is -8.71. The van der Waals surface area contributed by atoms with Gasteiger partial charge in [-0.2, -0.15) is 0 Å². The van der Waals surface area contributed by atoms with Crippen molar-refractivity contribution in [2.45, 2.75) is 114 Å². The minimum absolute atomic E-state index is 0.0451. The molecule has 2 heterocycles. The summed E-state index contributed by atoms with van der Waals surface area (Å²) in [5.41, 5.74) is 11.4. The van der Waals surface area contributed by atoms with Gasteiger partial charge in [0.05, 0.1) is 25.7 Å². The molecule has 4 unspecified atom stereocenters. The number of rotatable bonds is 38. The predicted molar refractivity (Wildman–Crippen MR) is 330 cm³/mol. The zero-order chi connectivity index (χ0) is 71.1. The first kappa shape index (κ1) is 83.3. The van der Waals surface area contributed by atoms with Gasteiger partial charge in [0.2, 0.25) is 29.5 Å². The number of guanidine groups is 1. The van der Waals surface area contributed by atoms with Gasteiger partial charge in [0.25, 0.3) is 17.8 Å². The number of aliphatic imine (C=N–C) groups is 1. The molecular formula is C57H86N16O20Tc. The maximum Gasteiger partial charge on any atom is 0.282 e. The van der Waals surface area contributed by atoms with Crippen LogP contribution >= 0.6 is 0 Å². The van der Waals surface area contributed by atoms with E-state index in [1.54, 1.807) is 63.8 Å². The Morgan fingerprint density at radius 3 is 1.94 bits per heavy atom. The molecule has 521 valence electrons. The summed E-state index contributed by atoms with van der Waals surface area (Å²) in [5, 5.41) is 115. The van der Waals surface area contributed by atoms with Crippen LogP contribution in [-0.2, 0) is 52.3 Å². The number of carbonyl (C=O) groups is 10. The molecule has 0 aliphatic heterocycles. The summed E-state index contributed by atoms with van der Waals surface area (Å²) in [6, 6.07) is 7.24. The van der Waals surface area contributed by atoms with E-state index in [2.05, 4.69) is 66.0 Å². The Balaban J connectivity index is 0.00000112. The number of aromatic nitrogens is 2. The Morgan fingerprint density at radius 2 is 1.38 bits per heavy atom. The number of anilines is 1. The monoisotopic (exact) mass is 1410 g/mol. The van der Waals surface area contributed by atoms with Crippen molar-refractivity contribution >= 4 is 76.7 Å². The van der Waals surface area contributed by atoms with Crippen molar-refractivity contribution in [2.24, 2.45) is 27.5 Å². The molecule has 21 N–H and O–H groups in total. The number of likely N-dealkylation sites (N-methyl/N-ethyl adjacent to an activating group) is 2. The van der Waals surface area contributed by atoms with Crippen molar-refractivity contribution < 1.29 is 118 Å². The summed E-state index contributed by atoms with van der Waals surface area (Å²) >= 11 is 1.73. The third-order valence-electron chi connectivity index (χ3n) is 13.3. The van der Waals surface area contributed by atoms with E-state index < -0.39 is 147 Å². The molecule has 37 heteroatoms. The number of nitrogens with two attached hydrogens (primary N) is 2. The molecule has 3 rings (SSSR count). The number of hydrogen-bond donors (Lipinski definition) is 19. The van der Waals surface area contributed by atoms with E-state index in [9.17, 15) is 63.3 Å². The fraction of sp³-hybridized carbons (Fsp3) is 0.526. The molecule has 8 amide bonds. The number of unbranched alkanes of at least 4 members (excludes halogenated alkanes) is 2. The van der Waals surface area contributed by atoms with Crippen LogP contribution in [-0.4, -0.2) is 252 Å². The first-order valence-corrected chi connectivity index (χ1v) is 29.8. The summed E-state index contributed by atoms with van der Waals surface area (Å²) < 4.78 is 3.61. The molecule has 0 aliphatic carbocycles. The number of aryl methyl sites for hydroxylation is 1. The van der Waals surface area contributed by atoms with Gasteiger partial charge >= 0.3 is 110 Å². The van der Waals surface area contributed by atoms with Gasteiger partial charge in [-0.3, -0.25) is 53.1 Å². The van der Waals surface area contributed by atoms with E-state index in [0.29, 0.717) is 54.0 Å². The van der Waals surface area contributed by atoms with E-state index in [-0.39, 0.29) is 55.7 Å². The van der Waals surface area contributed by atoms with Crippen molar-refractivity contribution in [3.63, 3.8) is 0 Å². The topological polar surface area (TPSA) is 591 Å². The molecular weight excluding hydrogens is 1330 g/mol. The number of aliphatic hydroxyl groups is 8. The Labute approximate surface area is 550 Å². The molecule has 0 bridgehead atoms. The van der Waals surface area contributed by atoms with Crippen LogP contribution in [0.25, 0.3) is 5.32 Å². The normalized spacial score (nSPS) is 13.0. The number of carbonyl (C=O) groups excluding carboxylic acids is 8. The Bertz CT molecular complexity index is 3000. The molecule has 0 saturated heterocycles. The zero-order valence-electron chi connectivity index (χ0n) is 52.4. The minimum Gasteiger partial charge on any atom is -0.642 e. The summed E-state index contributed by atoms with van der Waals surface area (Å²) in [4.78, 5) is 137. The van der Waals surface area contributed by atoms with Crippen molar-refractivity contribution in [1.82, 2.24) is 50.2 Å². The number of aliphatic hydroxyl groups excluding tert-OH is 8. The molecule has 1 aromatic carbocycles. The van der Waals surface area contributed by atoms with Crippen LogP contribution < -0.4 is 52.1 Å². The van der Waals surface area contributed by atoms with Crippen LogP contribution in [0.5, 0.6) is 0 Å². The number of nitrogens with zero attached hydrogens (tertiary/aromatic N) is 7. The quantitative estimate of drug-likeness (QED) is 0.00840. The smallest absolute Gasteiger partial charge is 0.282 e. The van der Waals surface area contributed by atoms with Crippen molar-refractivity contribution in [3.8, 4) is 0 Å². The maximum absolute atomic E-state index is 14.0. The van der Waals surface area contributed by atoms with Gasteiger partial charge in [-0.1, -0.05) is 19.4 Å². The molecule has 3 aromatic rings. The number of aliphatic carboxylic acids is 2. The average Bonchev–Trinajstić information content (AvgIpc) is 0.854. The third-order valence-corrected chi connectivity index (χ3v) is 13.5. The van der Waals surface area contributed by atoms with Gasteiger partial charge in [-0.15, -0.1) is 0 Å². The number of amides is 8. The maximum atomic E-state index is 14.0. The molecule has 36 nitrogen and oxygen atoms in total. The van der Waals surface area contributed by atoms with Crippen molar-refractivity contribution in [3.05, 3.63) is 88.6 Å². The van der Waals surface area contributed by atoms with E-state index in [0.717, 1.165) is 4.90 Å². The zero-order valence-corrected chi connectivity index (χ0v) is 54.3. The molecule has 0 fully saturated rings. The third kappa shape index (κ3) is 31.7. The summed E-state index contributed by atoms with van der Waals surface area (Å²) in [6.45, 7) is 1.71. The molecule has 0 spiro atoms. The fourth-order valence-electron chi connectivity index (χ4n) is 7.93. The SMILES string of the molecule is CNC(=O)[C@H](CC(=O)O)NC(=O)CNC(=O)[C@H](CCCN=C(N)N)N(C)C(=O)[C@H](NC(=O)c1cc(C)cc(NC(=O)CCCCCNC(=O)c2ccc(N=[N+]=[Tc])nc2)c1)C(C)C.O=C(NCC(O)C(O)C(O)C(O)CO)c1ccncc1.O=C(O)C[N-]C(CO)(CO)CO. The summed E-state index contributed by atoms with van der Waals surface area (Å²) in [6.07, 6.45) is -0.539. The van der Waals surface area contributed by atoms with Crippen molar-refractivity contribution in [2.75, 3.05) is 78.6 Å². The van der Waals surface area contributed by atoms with Gasteiger partial charge in [0.1, 0.15) is 36.4 Å². The van der Waals surface area contributed by atoms with Crippen molar-refractivity contribution in [1.29, 1.82) is 0 Å². The van der Waals surface area contributed by atoms with E-state index in [1.165, 1.54) is 50.9 Å². The predicted octanol–water partition coefficient (Wildman–Crippen LogP) is -4.94. The van der Waals surface area contributed by atoms with Gasteiger partial charge in [0, 0.05) is 82.6 Å². The number of nitrogens with one attached hydrogen (secondary N) is 7. The minimum atomic E-state index is -1.71. The second-order valence-electron chi connectivity index (χ2n) is 21.1. The van der Waals surface area contributed by atoms with Crippen LogP contribution in [0.4, 0.5) is 11.5 Å². The largest absolute Gasteiger partial charge is 0.642 e. The molecule has 0 aliphatic rings. The molecule has 7 atom stereocenters. The van der Waals surface area contributed by atoms with Crippen LogP contribution in [0.2, 0.25) is 0 Å². The number of carboxylic acids is 2. The molecule has 2 aromatic heterocycles. The van der Waals surface area contributed by atoms with Crippen LogP contribution in [0.15, 0.2) is 71.2 Å². The van der Waals surface area contributed by atoms with E-state index >= 15 is 0 Å². The molecule has 0 radical (unpaired) electrons. The second-order valence-corrected chi connectivity index (χ2v) is 21.5. The first-order valence-electron chi connectivity index (χ1n) is 29.0.